The molecule has 4 nitrogen and oxygen atoms in total. The van der Waals surface area contributed by atoms with E-state index in [1.54, 1.807) is 18.3 Å². The number of nitrogens with one attached hydrogen (secondary N) is 2. The van der Waals surface area contributed by atoms with Crippen LogP contribution in [0.25, 0.3) is 0 Å². The summed E-state index contributed by atoms with van der Waals surface area (Å²) >= 11 is 3.36. The minimum atomic E-state index is -0.161. The first-order valence-electron chi connectivity index (χ1n) is 8.03. The monoisotopic (exact) mass is 395 g/mol. The van der Waals surface area contributed by atoms with Crippen LogP contribution < -0.4 is 10.6 Å². The van der Waals surface area contributed by atoms with E-state index >= 15 is 0 Å². The molecule has 0 saturated heterocycles. The number of amides is 1. The number of pyridine rings is 1. The number of hydrogen-bond donors (Lipinski definition) is 2. The molecule has 3 rings (SSSR count). The maximum absolute atomic E-state index is 12.2. The molecule has 0 bridgehead atoms. The first-order chi connectivity index (χ1) is 12.2. The van der Waals surface area contributed by atoms with E-state index in [0.29, 0.717) is 11.3 Å². The SMILES string of the molecule is CCc1ccccc1Nc1ccc(NC(=O)c2ccc(Br)cc2)cn1. The highest BCUT2D eigenvalue weighted by Gasteiger charge is 2.07. The Labute approximate surface area is 155 Å². The predicted octanol–water partition coefficient (Wildman–Crippen LogP) is 5.40. The Hall–Kier alpha value is -2.66. The summed E-state index contributed by atoms with van der Waals surface area (Å²) in [6.07, 6.45) is 2.60. The number of aryl methyl sites for hydroxylation is 1. The summed E-state index contributed by atoms with van der Waals surface area (Å²) in [4.78, 5) is 16.6. The third-order valence-electron chi connectivity index (χ3n) is 3.79. The molecule has 1 aromatic heterocycles. The summed E-state index contributed by atoms with van der Waals surface area (Å²) in [5.41, 5.74) is 3.53. The number of aromatic nitrogens is 1. The lowest BCUT2D eigenvalue weighted by molar-refractivity contribution is 0.102. The van der Waals surface area contributed by atoms with E-state index in [4.69, 9.17) is 0 Å². The van der Waals surface area contributed by atoms with Crippen LogP contribution in [0.5, 0.6) is 0 Å². The molecule has 1 heterocycles. The van der Waals surface area contributed by atoms with E-state index in [-0.39, 0.29) is 5.91 Å². The average Bonchev–Trinajstić information content (AvgIpc) is 2.64. The van der Waals surface area contributed by atoms with E-state index in [1.807, 2.05) is 42.5 Å². The fraction of sp³-hybridized carbons (Fsp3) is 0.100. The van der Waals surface area contributed by atoms with Crippen molar-refractivity contribution >= 4 is 39.0 Å². The molecule has 0 spiro atoms. The lowest BCUT2D eigenvalue weighted by Crippen LogP contribution is -2.12. The van der Waals surface area contributed by atoms with Gasteiger partial charge in [-0.15, -0.1) is 0 Å². The first kappa shape index (κ1) is 17.2. The highest BCUT2D eigenvalue weighted by Crippen LogP contribution is 2.21. The first-order valence-corrected chi connectivity index (χ1v) is 8.83. The molecule has 0 fully saturated rings. The maximum Gasteiger partial charge on any atom is 0.255 e. The van der Waals surface area contributed by atoms with Crippen molar-refractivity contribution in [1.29, 1.82) is 0 Å². The predicted molar refractivity (Wildman–Crippen MR) is 105 cm³/mol. The normalized spacial score (nSPS) is 10.3. The molecule has 5 heteroatoms. The number of anilines is 3. The van der Waals surface area contributed by atoms with Gasteiger partial charge in [0.25, 0.3) is 5.91 Å². The minimum absolute atomic E-state index is 0.161. The Morgan fingerprint density at radius 1 is 1.04 bits per heavy atom. The summed E-state index contributed by atoms with van der Waals surface area (Å²) in [7, 11) is 0. The number of rotatable bonds is 5. The van der Waals surface area contributed by atoms with Crippen molar-refractivity contribution in [3.8, 4) is 0 Å². The highest BCUT2D eigenvalue weighted by atomic mass is 79.9. The third kappa shape index (κ3) is 4.45. The van der Waals surface area contributed by atoms with E-state index in [2.05, 4.69) is 44.5 Å². The number of halogens is 1. The number of para-hydroxylation sites is 1. The Balaban J connectivity index is 1.68. The van der Waals surface area contributed by atoms with Crippen LogP contribution in [0.1, 0.15) is 22.8 Å². The molecule has 0 aliphatic carbocycles. The summed E-state index contributed by atoms with van der Waals surface area (Å²) in [5.74, 6) is 0.578. The van der Waals surface area contributed by atoms with Gasteiger partial charge in [-0.1, -0.05) is 41.1 Å². The maximum atomic E-state index is 12.2. The number of carbonyl (C=O) groups excluding carboxylic acids is 1. The quantitative estimate of drug-likeness (QED) is 0.607. The molecular weight excluding hydrogens is 378 g/mol. The molecule has 0 saturated carbocycles. The van der Waals surface area contributed by atoms with Crippen molar-refractivity contribution < 1.29 is 4.79 Å². The van der Waals surface area contributed by atoms with Crippen LogP contribution in [0.4, 0.5) is 17.2 Å². The third-order valence-corrected chi connectivity index (χ3v) is 4.32. The van der Waals surface area contributed by atoms with Crippen LogP contribution in [0.3, 0.4) is 0 Å². The number of nitrogens with zero attached hydrogens (tertiary/aromatic N) is 1. The van der Waals surface area contributed by atoms with Crippen molar-refractivity contribution in [3.05, 3.63) is 82.5 Å². The second kappa shape index (κ2) is 7.94. The standard InChI is InChI=1S/C20H18BrN3O/c1-2-14-5-3-4-6-18(14)24-19-12-11-17(13-22-19)23-20(25)15-7-9-16(21)10-8-15/h3-13H,2H2,1H3,(H,22,24)(H,23,25). The van der Waals surface area contributed by atoms with Crippen molar-refractivity contribution in [2.24, 2.45) is 0 Å². The van der Waals surface area contributed by atoms with Crippen LogP contribution in [-0.4, -0.2) is 10.9 Å². The van der Waals surface area contributed by atoms with Crippen molar-refractivity contribution in [3.63, 3.8) is 0 Å². The molecule has 0 aliphatic heterocycles. The van der Waals surface area contributed by atoms with Crippen molar-refractivity contribution in [1.82, 2.24) is 4.98 Å². The summed E-state index contributed by atoms with van der Waals surface area (Å²) in [6, 6.07) is 19.0. The second-order valence-electron chi connectivity index (χ2n) is 5.53. The zero-order valence-corrected chi connectivity index (χ0v) is 15.4. The van der Waals surface area contributed by atoms with E-state index in [9.17, 15) is 4.79 Å². The van der Waals surface area contributed by atoms with Crippen LogP contribution in [0.15, 0.2) is 71.3 Å². The Kier molecular flexibility index (Phi) is 5.46. The van der Waals surface area contributed by atoms with E-state index in [1.165, 1.54) is 5.56 Å². The van der Waals surface area contributed by atoms with Crippen LogP contribution >= 0.6 is 15.9 Å². The number of benzene rings is 2. The second-order valence-corrected chi connectivity index (χ2v) is 6.44. The van der Waals surface area contributed by atoms with Gasteiger partial charge in [0.2, 0.25) is 0 Å². The topological polar surface area (TPSA) is 54.0 Å². The van der Waals surface area contributed by atoms with Crippen molar-refractivity contribution in [2.75, 3.05) is 10.6 Å². The van der Waals surface area contributed by atoms with Gasteiger partial charge in [-0.3, -0.25) is 4.79 Å². The summed E-state index contributed by atoms with van der Waals surface area (Å²) < 4.78 is 0.938. The van der Waals surface area contributed by atoms with Crippen LogP contribution in [0, 0.1) is 0 Å². The van der Waals surface area contributed by atoms with Gasteiger partial charge in [0, 0.05) is 15.7 Å². The van der Waals surface area contributed by atoms with Gasteiger partial charge in [-0.2, -0.15) is 0 Å². The van der Waals surface area contributed by atoms with Gasteiger partial charge >= 0.3 is 0 Å². The van der Waals surface area contributed by atoms with Gasteiger partial charge < -0.3 is 10.6 Å². The number of carbonyl (C=O) groups is 1. The Bertz CT molecular complexity index is 861. The molecule has 2 aromatic carbocycles. The van der Waals surface area contributed by atoms with E-state index < -0.39 is 0 Å². The smallest absolute Gasteiger partial charge is 0.255 e. The summed E-state index contributed by atoms with van der Waals surface area (Å²) in [6.45, 7) is 2.12. The van der Waals surface area contributed by atoms with Crippen LogP contribution in [-0.2, 0) is 6.42 Å². The molecule has 0 atom stereocenters. The van der Waals surface area contributed by atoms with Crippen LogP contribution in [0.2, 0.25) is 0 Å². The molecule has 3 aromatic rings. The lowest BCUT2D eigenvalue weighted by Gasteiger charge is -2.11. The van der Waals surface area contributed by atoms with Gasteiger partial charge in [0.15, 0.2) is 0 Å². The van der Waals surface area contributed by atoms with E-state index in [0.717, 1.165) is 22.4 Å². The fourth-order valence-corrected chi connectivity index (χ4v) is 2.70. The highest BCUT2D eigenvalue weighted by molar-refractivity contribution is 9.10. The minimum Gasteiger partial charge on any atom is -0.340 e. The van der Waals surface area contributed by atoms with Gasteiger partial charge in [-0.05, 0) is 54.4 Å². The largest absolute Gasteiger partial charge is 0.340 e. The average molecular weight is 396 g/mol. The lowest BCUT2D eigenvalue weighted by atomic mass is 10.1. The zero-order valence-electron chi connectivity index (χ0n) is 13.8. The Morgan fingerprint density at radius 3 is 2.48 bits per heavy atom. The molecule has 0 aliphatic rings. The molecule has 126 valence electrons. The number of hydrogen-bond acceptors (Lipinski definition) is 3. The summed E-state index contributed by atoms with van der Waals surface area (Å²) in [5, 5.41) is 6.16. The van der Waals surface area contributed by atoms with Gasteiger partial charge in [0.1, 0.15) is 5.82 Å². The molecule has 25 heavy (non-hydrogen) atoms. The Morgan fingerprint density at radius 2 is 1.80 bits per heavy atom. The zero-order chi connectivity index (χ0) is 17.6. The molecule has 0 radical (unpaired) electrons. The molecule has 2 N–H and O–H groups in total. The van der Waals surface area contributed by atoms with Crippen molar-refractivity contribution in [2.45, 2.75) is 13.3 Å². The molecule has 1 amide bonds. The van der Waals surface area contributed by atoms with Gasteiger partial charge in [-0.25, -0.2) is 4.98 Å². The molecular formula is C20H18BrN3O. The van der Waals surface area contributed by atoms with Gasteiger partial charge in [0.05, 0.1) is 11.9 Å². The fourth-order valence-electron chi connectivity index (χ4n) is 2.43. The molecule has 0 unspecified atom stereocenters.